The van der Waals surface area contributed by atoms with Crippen molar-refractivity contribution in [3.05, 3.63) is 22.8 Å². The number of piperidine rings is 1. The van der Waals surface area contributed by atoms with Crippen LogP contribution >= 0.6 is 11.6 Å². The van der Waals surface area contributed by atoms with Gasteiger partial charge in [0.15, 0.2) is 0 Å². The van der Waals surface area contributed by atoms with Crippen LogP contribution in [0.4, 0.5) is 5.82 Å². The Hall–Kier alpha value is -0.800. The number of pyridine rings is 1. The highest BCUT2D eigenvalue weighted by Gasteiger charge is 2.29. The van der Waals surface area contributed by atoms with Crippen molar-refractivity contribution in [2.24, 2.45) is 11.8 Å². The van der Waals surface area contributed by atoms with Gasteiger partial charge in [0.05, 0.1) is 10.7 Å². The Bertz CT molecular complexity index is 435. The molecule has 1 N–H and O–H groups in total. The molecule has 1 aliphatic rings. The number of hydrogen-bond donors (Lipinski definition) is 1. The quantitative estimate of drug-likeness (QED) is 0.917. The smallest absolute Gasteiger partial charge is 0.126 e. The van der Waals surface area contributed by atoms with Crippen molar-refractivity contribution in [3.8, 4) is 0 Å². The van der Waals surface area contributed by atoms with E-state index in [2.05, 4.69) is 36.0 Å². The third-order valence-corrected chi connectivity index (χ3v) is 4.59. The van der Waals surface area contributed by atoms with Gasteiger partial charge in [-0.25, -0.2) is 4.98 Å². The normalized spacial score (nSPS) is 28.4. The van der Waals surface area contributed by atoms with Gasteiger partial charge < -0.3 is 5.32 Å². The first-order chi connectivity index (χ1) is 9.01. The van der Waals surface area contributed by atoms with Crippen molar-refractivity contribution in [3.63, 3.8) is 0 Å². The van der Waals surface area contributed by atoms with E-state index in [-0.39, 0.29) is 0 Å². The number of nitrogens with zero attached hydrogens (tertiary/aromatic N) is 2. The van der Waals surface area contributed by atoms with E-state index in [1.807, 2.05) is 19.2 Å². The molecule has 0 aromatic carbocycles. The first-order valence-electron chi connectivity index (χ1n) is 7.08. The largest absolute Gasteiger partial charge is 0.373 e. The fourth-order valence-corrected chi connectivity index (χ4v) is 3.13. The first-order valence-corrected chi connectivity index (χ1v) is 7.46. The molecule has 0 bridgehead atoms. The van der Waals surface area contributed by atoms with Crippen molar-refractivity contribution in [1.29, 1.82) is 0 Å². The van der Waals surface area contributed by atoms with Crippen LogP contribution in [0.1, 0.15) is 32.9 Å². The zero-order valence-corrected chi connectivity index (χ0v) is 13.0. The predicted octanol–water partition coefficient (Wildman–Crippen LogP) is 3.64. The van der Waals surface area contributed by atoms with E-state index >= 15 is 0 Å². The summed E-state index contributed by atoms with van der Waals surface area (Å²) in [4.78, 5) is 7.09. The van der Waals surface area contributed by atoms with Crippen LogP contribution in [0.25, 0.3) is 0 Å². The average Bonchev–Trinajstić information content (AvgIpc) is 2.38. The van der Waals surface area contributed by atoms with Gasteiger partial charge in [0, 0.05) is 26.2 Å². The van der Waals surface area contributed by atoms with Gasteiger partial charge in [-0.05, 0) is 37.3 Å². The molecule has 0 radical (unpaired) electrons. The first kappa shape index (κ1) is 14.6. The van der Waals surface area contributed by atoms with E-state index in [0.717, 1.165) is 41.5 Å². The molecule has 0 saturated carbocycles. The summed E-state index contributed by atoms with van der Waals surface area (Å²) in [7, 11) is 1.88. The second-order valence-corrected chi connectivity index (χ2v) is 6.27. The van der Waals surface area contributed by atoms with Crippen LogP contribution in [0.3, 0.4) is 0 Å². The second-order valence-electron chi connectivity index (χ2n) is 5.86. The Balaban J connectivity index is 2.15. The zero-order valence-electron chi connectivity index (χ0n) is 12.3. The summed E-state index contributed by atoms with van der Waals surface area (Å²) < 4.78 is 0. The number of rotatable bonds is 3. The molecule has 1 fully saturated rings. The summed E-state index contributed by atoms with van der Waals surface area (Å²) in [5.41, 5.74) is 0.974. The van der Waals surface area contributed by atoms with Crippen LogP contribution in [-0.2, 0) is 6.54 Å². The fourth-order valence-electron chi connectivity index (χ4n) is 2.97. The third-order valence-electron chi connectivity index (χ3n) is 4.25. The van der Waals surface area contributed by atoms with Crippen LogP contribution in [0.5, 0.6) is 0 Å². The lowest BCUT2D eigenvalue weighted by Gasteiger charge is -2.41. The maximum atomic E-state index is 6.28. The standard InChI is InChI=1S/C15H24ClN3/c1-10-7-11(2)12(3)19(8-10)9-14-13(16)5-6-15(17-4)18-14/h5-6,10-12H,7-9H2,1-4H3,(H,17,18). The molecular formula is C15H24ClN3. The molecule has 3 nitrogen and oxygen atoms in total. The van der Waals surface area contributed by atoms with Gasteiger partial charge in [-0.2, -0.15) is 0 Å². The molecule has 19 heavy (non-hydrogen) atoms. The van der Waals surface area contributed by atoms with Crippen LogP contribution in [0, 0.1) is 11.8 Å². The minimum absolute atomic E-state index is 0.590. The summed E-state index contributed by atoms with van der Waals surface area (Å²) in [6.45, 7) is 8.95. The molecule has 2 heterocycles. The summed E-state index contributed by atoms with van der Waals surface area (Å²) in [6, 6.07) is 4.43. The Labute approximate surface area is 121 Å². The molecule has 3 unspecified atom stereocenters. The molecule has 1 aromatic rings. The van der Waals surface area contributed by atoms with Crippen LogP contribution in [0.2, 0.25) is 5.02 Å². The Kier molecular flexibility index (Phi) is 4.69. The molecule has 4 heteroatoms. The predicted molar refractivity (Wildman–Crippen MR) is 81.6 cm³/mol. The van der Waals surface area contributed by atoms with Gasteiger partial charge >= 0.3 is 0 Å². The van der Waals surface area contributed by atoms with Crippen LogP contribution in [0.15, 0.2) is 12.1 Å². The van der Waals surface area contributed by atoms with Crippen molar-refractivity contribution in [2.45, 2.75) is 39.8 Å². The van der Waals surface area contributed by atoms with Crippen LogP contribution in [-0.4, -0.2) is 29.5 Å². The summed E-state index contributed by atoms with van der Waals surface area (Å²) >= 11 is 6.28. The van der Waals surface area contributed by atoms with Gasteiger partial charge in [0.2, 0.25) is 0 Å². The number of halogens is 1. The summed E-state index contributed by atoms with van der Waals surface area (Å²) in [5, 5.41) is 3.83. The molecule has 0 amide bonds. The minimum Gasteiger partial charge on any atom is -0.373 e. The Morgan fingerprint density at radius 3 is 2.79 bits per heavy atom. The number of likely N-dealkylation sites (tertiary alicyclic amines) is 1. The van der Waals surface area contributed by atoms with Gasteiger partial charge in [-0.3, -0.25) is 4.90 Å². The van der Waals surface area contributed by atoms with Gasteiger partial charge in [-0.1, -0.05) is 25.4 Å². The van der Waals surface area contributed by atoms with E-state index < -0.39 is 0 Å². The van der Waals surface area contributed by atoms with Crippen LogP contribution < -0.4 is 5.32 Å². The number of nitrogens with one attached hydrogen (secondary N) is 1. The average molecular weight is 282 g/mol. The van der Waals surface area contributed by atoms with E-state index in [4.69, 9.17) is 11.6 Å². The summed E-state index contributed by atoms with van der Waals surface area (Å²) in [5.74, 6) is 2.36. The monoisotopic (exact) mass is 281 g/mol. The zero-order chi connectivity index (χ0) is 14.0. The molecule has 0 aliphatic carbocycles. The maximum Gasteiger partial charge on any atom is 0.126 e. The lowest BCUT2D eigenvalue weighted by molar-refractivity contribution is 0.0719. The minimum atomic E-state index is 0.590. The van der Waals surface area contributed by atoms with E-state index in [1.165, 1.54) is 6.42 Å². The number of anilines is 1. The number of hydrogen-bond acceptors (Lipinski definition) is 3. The van der Waals surface area contributed by atoms with Crippen molar-refractivity contribution >= 4 is 17.4 Å². The van der Waals surface area contributed by atoms with Gasteiger partial charge in [0.25, 0.3) is 0 Å². The molecule has 1 aliphatic heterocycles. The van der Waals surface area contributed by atoms with Crippen molar-refractivity contribution < 1.29 is 0 Å². The molecule has 1 saturated heterocycles. The molecule has 106 valence electrons. The lowest BCUT2D eigenvalue weighted by atomic mass is 9.86. The molecular weight excluding hydrogens is 258 g/mol. The molecule has 3 atom stereocenters. The van der Waals surface area contributed by atoms with E-state index in [0.29, 0.717) is 6.04 Å². The van der Waals surface area contributed by atoms with E-state index in [1.54, 1.807) is 0 Å². The van der Waals surface area contributed by atoms with Gasteiger partial charge in [-0.15, -0.1) is 0 Å². The van der Waals surface area contributed by atoms with Gasteiger partial charge in [0.1, 0.15) is 5.82 Å². The fraction of sp³-hybridized carbons (Fsp3) is 0.667. The SMILES string of the molecule is CNc1ccc(Cl)c(CN2CC(C)CC(C)C2C)n1. The molecule has 1 aromatic heterocycles. The highest BCUT2D eigenvalue weighted by molar-refractivity contribution is 6.31. The highest BCUT2D eigenvalue weighted by Crippen LogP contribution is 2.29. The summed E-state index contributed by atoms with van der Waals surface area (Å²) in [6.07, 6.45) is 1.31. The van der Waals surface area contributed by atoms with Crippen molar-refractivity contribution in [2.75, 3.05) is 18.9 Å². The highest BCUT2D eigenvalue weighted by atomic mass is 35.5. The second kappa shape index (κ2) is 6.10. The number of aromatic nitrogens is 1. The third kappa shape index (κ3) is 3.40. The molecule has 2 rings (SSSR count). The lowest BCUT2D eigenvalue weighted by Crippen LogP contribution is -2.45. The van der Waals surface area contributed by atoms with E-state index in [9.17, 15) is 0 Å². The topological polar surface area (TPSA) is 28.2 Å². The Morgan fingerprint density at radius 1 is 1.37 bits per heavy atom. The van der Waals surface area contributed by atoms with Crippen molar-refractivity contribution in [1.82, 2.24) is 9.88 Å². The molecule has 0 spiro atoms. The maximum absolute atomic E-state index is 6.28. The Morgan fingerprint density at radius 2 is 2.11 bits per heavy atom.